The minimum Gasteiger partial charge on any atom is -0.370 e. The zero-order valence-corrected chi connectivity index (χ0v) is 17.1. The Kier molecular flexibility index (Phi) is 7.11. The number of nitrogens with zero attached hydrogens (tertiary/aromatic N) is 2. The van der Waals surface area contributed by atoms with Crippen LogP contribution >= 0.6 is 0 Å². The normalized spacial score (nSPS) is 21.4. The average molecular weight is 401 g/mol. The minimum atomic E-state index is -1.06. The van der Waals surface area contributed by atoms with Crippen LogP contribution < -0.4 is 15.1 Å². The maximum Gasteiger partial charge on any atom is 0.335 e. The molecule has 1 atom stereocenters. The Balaban J connectivity index is 1.71. The molecule has 2 saturated heterocycles. The first-order chi connectivity index (χ1) is 14.0. The van der Waals surface area contributed by atoms with Gasteiger partial charge in [0.2, 0.25) is 5.91 Å². The number of urea groups is 1. The van der Waals surface area contributed by atoms with Crippen LogP contribution in [0.4, 0.5) is 10.5 Å². The molecule has 4 amide bonds. The summed E-state index contributed by atoms with van der Waals surface area (Å²) in [7, 11) is 0. The van der Waals surface area contributed by atoms with E-state index in [9.17, 15) is 14.4 Å². The molecule has 1 aromatic carbocycles. The predicted molar refractivity (Wildman–Crippen MR) is 109 cm³/mol. The van der Waals surface area contributed by atoms with E-state index in [0.717, 1.165) is 49.7 Å². The fraction of sp³-hybridized carbons (Fsp3) is 0.524. The highest BCUT2D eigenvalue weighted by Gasteiger charge is 2.43. The van der Waals surface area contributed by atoms with E-state index in [1.807, 2.05) is 26.0 Å². The van der Waals surface area contributed by atoms with Gasteiger partial charge in [0, 0.05) is 18.7 Å². The second-order valence-electron chi connectivity index (χ2n) is 7.38. The first-order valence-corrected chi connectivity index (χ1v) is 10.2. The summed E-state index contributed by atoms with van der Waals surface area (Å²) in [6.45, 7) is 8.83. The molecule has 0 saturated carbocycles. The second-order valence-corrected chi connectivity index (χ2v) is 7.38. The lowest BCUT2D eigenvalue weighted by molar-refractivity contribution is -0.908. The number of anilines is 1. The number of hydrogen-bond acceptors (Lipinski definition) is 5. The molecule has 0 spiro atoms. The Morgan fingerprint density at radius 3 is 2.66 bits per heavy atom. The number of aryl methyl sites for hydroxylation is 1. The third-order valence-corrected chi connectivity index (χ3v) is 5.42. The molecule has 0 aliphatic carbocycles. The van der Waals surface area contributed by atoms with E-state index in [-0.39, 0.29) is 0 Å². The Hall–Kier alpha value is -2.58. The number of carbonyl (C=O) groups is 3. The first-order valence-electron chi connectivity index (χ1n) is 10.2. The van der Waals surface area contributed by atoms with Crippen molar-refractivity contribution in [1.29, 1.82) is 0 Å². The maximum atomic E-state index is 13.1. The van der Waals surface area contributed by atoms with Gasteiger partial charge in [-0.2, -0.15) is 0 Å². The van der Waals surface area contributed by atoms with Gasteiger partial charge >= 0.3 is 6.03 Å². The number of amides is 4. The van der Waals surface area contributed by atoms with Crippen LogP contribution in [0.3, 0.4) is 0 Å². The fourth-order valence-electron chi connectivity index (χ4n) is 3.78. The summed E-state index contributed by atoms with van der Waals surface area (Å²) < 4.78 is 5.37. The SMILES string of the molecule is CCC(=NCCC[NH+]1CCOCC1)C1C(=O)NC(=O)N(c2ccccc2C)C1=O. The Morgan fingerprint density at radius 2 is 1.97 bits per heavy atom. The molecule has 8 nitrogen and oxygen atoms in total. The number of imide groups is 2. The molecule has 2 fully saturated rings. The molecule has 0 radical (unpaired) electrons. The molecule has 0 bridgehead atoms. The lowest BCUT2D eigenvalue weighted by Crippen LogP contribution is -3.14. The molecule has 2 aliphatic heterocycles. The number of nitrogens with one attached hydrogen (secondary N) is 2. The monoisotopic (exact) mass is 401 g/mol. The number of rotatable bonds is 7. The van der Waals surface area contributed by atoms with Gasteiger partial charge < -0.3 is 9.64 Å². The zero-order chi connectivity index (χ0) is 20.8. The summed E-state index contributed by atoms with van der Waals surface area (Å²) in [6, 6.07) is 6.41. The van der Waals surface area contributed by atoms with Crippen LogP contribution in [0.5, 0.6) is 0 Å². The first kappa shape index (κ1) is 21.1. The summed E-state index contributed by atoms with van der Waals surface area (Å²) in [6.07, 6.45) is 1.35. The molecule has 1 unspecified atom stereocenters. The Morgan fingerprint density at radius 1 is 1.24 bits per heavy atom. The van der Waals surface area contributed by atoms with Gasteiger partial charge in [-0.3, -0.25) is 19.9 Å². The van der Waals surface area contributed by atoms with Crippen LogP contribution in [-0.4, -0.2) is 62.9 Å². The number of barbiturate groups is 1. The quantitative estimate of drug-likeness (QED) is 0.392. The maximum absolute atomic E-state index is 13.1. The summed E-state index contributed by atoms with van der Waals surface area (Å²) in [4.78, 5) is 45.1. The number of aliphatic imine (C=N–C) groups is 1. The summed E-state index contributed by atoms with van der Waals surface area (Å²) in [5.41, 5.74) is 1.79. The van der Waals surface area contributed by atoms with Gasteiger partial charge in [0.15, 0.2) is 5.92 Å². The van der Waals surface area contributed by atoms with Gasteiger partial charge in [0.1, 0.15) is 13.1 Å². The average Bonchev–Trinajstić information content (AvgIpc) is 2.71. The number of benzene rings is 1. The van der Waals surface area contributed by atoms with Crippen molar-refractivity contribution in [3.8, 4) is 0 Å². The van der Waals surface area contributed by atoms with Crippen molar-refractivity contribution < 1.29 is 24.0 Å². The molecule has 2 N–H and O–H groups in total. The highest BCUT2D eigenvalue weighted by Crippen LogP contribution is 2.25. The van der Waals surface area contributed by atoms with Gasteiger partial charge in [0.05, 0.1) is 25.4 Å². The summed E-state index contributed by atoms with van der Waals surface area (Å²) >= 11 is 0. The third-order valence-electron chi connectivity index (χ3n) is 5.42. The molecule has 8 heteroatoms. The van der Waals surface area contributed by atoms with Crippen molar-refractivity contribution in [3.05, 3.63) is 29.8 Å². The van der Waals surface area contributed by atoms with Crippen LogP contribution in [0, 0.1) is 12.8 Å². The molecule has 3 rings (SSSR count). The van der Waals surface area contributed by atoms with Gasteiger partial charge in [0.25, 0.3) is 5.91 Å². The number of quaternary nitrogens is 1. The van der Waals surface area contributed by atoms with Gasteiger partial charge in [-0.05, 0) is 25.0 Å². The summed E-state index contributed by atoms with van der Waals surface area (Å²) in [5.74, 6) is -2.19. The van der Waals surface area contributed by atoms with Crippen LogP contribution in [0.15, 0.2) is 29.3 Å². The van der Waals surface area contributed by atoms with Crippen molar-refractivity contribution in [2.45, 2.75) is 26.7 Å². The number of morpholine rings is 1. The highest BCUT2D eigenvalue weighted by atomic mass is 16.5. The lowest BCUT2D eigenvalue weighted by Gasteiger charge is -2.31. The second kappa shape index (κ2) is 9.76. The molecular weight excluding hydrogens is 372 g/mol. The topological polar surface area (TPSA) is 92.5 Å². The van der Waals surface area contributed by atoms with E-state index >= 15 is 0 Å². The largest absolute Gasteiger partial charge is 0.370 e. The lowest BCUT2D eigenvalue weighted by atomic mass is 9.95. The van der Waals surface area contributed by atoms with Crippen LogP contribution in [0.2, 0.25) is 0 Å². The Bertz CT molecular complexity index is 802. The van der Waals surface area contributed by atoms with Gasteiger partial charge in [-0.25, -0.2) is 9.69 Å². The highest BCUT2D eigenvalue weighted by molar-refractivity contribution is 6.35. The molecule has 2 aliphatic rings. The van der Waals surface area contributed by atoms with E-state index in [4.69, 9.17) is 4.74 Å². The van der Waals surface area contributed by atoms with E-state index in [1.54, 1.807) is 12.1 Å². The van der Waals surface area contributed by atoms with Crippen molar-refractivity contribution >= 4 is 29.2 Å². The summed E-state index contributed by atoms with van der Waals surface area (Å²) in [5, 5.41) is 2.32. The van der Waals surface area contributed by atoms with E-state index in [2.05, 4.69) is 10.3 Å². The van der Waals surface area contributed by atoms with Crippen LogP contribution in [0.25, 0.3) is 0 Å². The van der Waals surface area contributed by atoms with Crippen molar-refractivity contribution in [1.82, 2.24) is 5.32 Å². The number of hydrogen-bond donors (Lipinski definition) is 2. The van der Waals surface area contributed by atoms with E-state index in [0.29, 0.717) is 24.4 Å². The van der Waals surface area contributed by atoms with Crippen molar-refractivity contribution in [3.63, 3.8) is 0 Å². The standard InChI is InChI=1S/C21H28N4O4/c1-3-16(22-9-6-10-24-11-13-29-14-12-24)18-19(26)23-21(28)25(20(18)27)17-8-5-4-7-15(17)2/h4-5,7-8,18H,3,6,9-14H2,1-2H3,(H,23,26,28)/p+1. The predicted octanol–water partition coefficient (Wildman–Crippen LogP) is 0.350. The van der Waals surface area contributed by atoms with Crippen molar-refractivity contribution in [2.24, 2.45) is 10.9 Å². The molecule has 0 aromatic heterocycles. The number of carbonyl (C=O) groups excluding carboxylic acids is 3. The molecule has 29 heavy (non-hydrogen) atoms. The van der Waals surface area contributed by atoms with Gasteiger partial charge in [-0.15, -0.1) is 0 Å². The third kappa shape index (κ3) is 4.89. The number of ether oxygens (including phenoxy) is 1. The number of para-hydroxylation sites is 1. The smallest absolute Gasteiger partial charge is 0.335 e. The molecule has 2 heterocycles. The van der Waals surface area contributed by atoms with Crippen LogP contribution in [-0.2, 0) is 14.3 Å². The van der Waals surface area contributed by atoms with E-state index < -0.39 is 23.8 Å². The van der Waals surface area contributed by atoms with Crippen molar-refractivity contribution in [2.75, 3.05) is 44.3 Å². The fourth-order valence-corrected chi connectivity index (χ4v) is 3.78. The van der Waals surface area contributed by atoms with E-state index in [1.165, 1.54) is 4.90 Å². The Labute approximate surface area is 170 Å². The molecular formula is C21H29N4O4+. The van der Waals surface area contributed by atoms with Gasteiger partial charge in [-0.1, -0.05) is 25.1 Å². The molecule has 1 aromatic rings. The minimum absolute atomic E-state index is 0.476. The molecule has 156 valence electrons. The zero-order valence-electron chi connectivity index (χ0n) is 17.1. The van der Waals surface area contributed by atoms with Crippen LogP contribution in [0.1, 0.15) is 25.3 Å².